The lowest BCUT2D eigenvalue weighted by atomic mass is 10.2. The third-order valence-electron chi connectivity index (χ3n) is 2.10. The molecule has 18 heavy (non-hydrogen) atoms. The summed E-state index contributed by atoms with van der Waals surface area (Å²) < 4.78 is 5.62. The van der Waals surface area contributed by atoms with Crippen molar-refractivity contribution in [3.05, 3.63) is 23.8 Å². The maximum absolute atomic E-state index is 11.4. The van der Waals surface area contributed by atoms with Crippen molar-refractivity contribution in [3.8, 4) is 5.75 Å². The van der Waals surface area contributed by atoms with E-state index in [-0.39, 0.29) is 4.75 Å². The summed E-state index contributed by atoms with van der Waals surface area (Å²) in [6.07, 6.45) is 0.899. The Morgan fingerprint density at radius 1 is 1.39 bits per heavy atom. The van der Waals surface area contributed by atoms with Crippen molar-refractivity contribution in [2.24, 2.45) is 5.73 Å². The molecule has 4 heteroatoms. The van der Waals surface area contributed by atoms with E-state index in [0.717, 1.165) is 11.3 Å². The molecule has 0 bridgehead atoms. The number of benzene rings is 1. The molecule has 1 amide bonds. The van der Waals surface area contributed by atoms with Crippen LogP contribution in [0, 0.1) is 0 Å². The number of carbonyl (C=O) groups is 1. The van der Waals surface area contributed by atoms with E-state index in [1.807, 2.05) is 25.1 Å². The molecular weight excluding hydrogens is 246 g/mol. The van der Waals surface area contributed by atoms with E-state index in [2.05, 4.69) is 20.8 Å². The van der Waals surface area contributed by atoms with E-state index in [1.54, 1.807) is 11.8 Å². The van der Waals surface area contributed by atoms with E-state index in [9.17, 15) is 4.79 Å². The summed E-state index contributed by atoms with van der Waals surface area (Å²) in [5, 5.41) is 0. The van der Waals surface area contributed by atoms with Gasteiger partial charge in [-0.15, -0.1) is 11.8 Å². The molecule has 1 rings (SSSR count). The van der Waals surface area contributed by atoms with Crippen molar-refractivity contribution in [1.29, 1.82) is 0 Å². The summed E-state index contributed by atoms with van der Waals surface area (Å²) >= 11 is 1.70. The number of amides is 1. The summed E-state index contributed by atoms with van der Waals surface area (Å²) in [6.45, 7) is 9.00. The molecule has 0 aliphatic carbocycles. The molecule has 100 valence electrons. The highest BCUT2D eigenvalue weighted by atomic mass is 32.2. The summed E-state index contributed by atoms with van der Waals surface area (Å²) in [4.78, 5) is 12.5. The fraction of sp³-hybridized carbons (Fsp3) is 0.500. The van der Waals surface area contributed by atoms with Crippen LogP contribution in [0.1, 0.15) is 44.5 Å². The van der Waals surface area contributed by atoms with Gasteiger partial charge in [-0.05, 0) is 24.6 Å². The van der Waals surface area contributed by atoms with Crippen molar-refractivity contribution in [3.63, 3.8) is 0 Å². The number of ether oxygens (including phenoxy) is 1. The lowest BCUT2D eigenvalue weighted by molar-refractivity contribution is 0.0996. The van der Waals surface area contributed by atoms with Gasteiger partial charge in [0.15, 0.2) is 0 Å². The molecule has 0 radical (unpaired) electrons. The van der Waals surface area contributed by atoms with Gasteiger partial charge in [0.1, 0.15) is 5.75 Å². The molecule has 0 saturated carbocycles. The number of primary amides is 1. The molecule has 2 N–H and O–H groups in total. The Morgan fingerprint density at radius 3 is 2.56 bits per heavy atom. The van der Waals surface area contributed by atoms with E-state index in [0.29, 0.717) is 17.9 Å². The third-order valence-corrected chi connectivity index (χ3v) is 3.20. The van der Waals surface area contributed by atoms with Crippen LogP contribution in [0.15, 0.2) is 23.1 Å². The first-order valence-corrected chi connectivity index (χ1v) is 6.91. The van der Waals surface area contributed by atoms with Crippen molar-refractivity contribution >= 4 is 17.7 Å². The molecule has 0 spiro atoms. The number of hydrogen-bond acceptors (Lipinski definition) is 3. The first-order valence-electron chi connectivity index (χ1n) is 6.09. The second-order valence-electron chi connectivity index (χ2n) is 5.09. The molecule has 1 aromatic rings. The molecule has 0 aromatic heterocycles. The minimum Gasteiger partial charge on any atom is -0.493 e. The zero-order valence-electron chi connectivity index (χ0n) is 11.4. The van der Waals surface area contributed by atoms with Gasteiger partial charge in [0.25, 0.3) is 5.91 Å². The maximum Gasteiger partial charge on any atom is 0.252 e. The SMILES string of the molecule is CCCOc1ccc(SC(C)(C)C)cc1C(N)=O. The van der Waals surface area contributed by atoms with Crippen LogP contribution in [0.2, 0.25) is 0 Å². The Balaban J connectivity index is 2.99. The Labute approximate surface area is 113 Å². The average molecular weight is 267 g/mol. The molecule has 0 aliphatic heterocycles. The predicted octanol–water partition coefficient (Wildman–Crippen LogP) is 3.46. The highest BCUT2D eigenvalue weighted by Gasteiger charge is 2.15. The maximum atomic E-state index is 11.4. The molecule has 1 aromatic carbocycles. The van der Waals surface area contributed by atoms with Crippen LogP contribution in [0.25, 0.3) is 0 Å². The highest BCUT2D eigenvalue weighted by Crippen LogP contribution is 2.34. The van der Waals surface area contributed by atoms with E-state index < -0.39 is 5.91 Å². The van der Waals surface area contributed by atoms with Crippen LogP contribution in [0.3, 0.4) is 0 Å². The van der Waals surface area contributed by atoms with Crippen LogP contribution in [-0.4, -0.2) is 17.3 Å². The molecular formula is C14H21NO2S. The third kappa shape index (κ3) is 4.61. The van der Waals surface area contributed by atoms with Gasteiger partial charge in [-0.2, -0.15) is 0 Å². The summed E-state index contributed by atoms with van der Waals surface area (Å²) in [7, 11) is 0. The molecule has 0 heterocycles. The first-order chi connectivity index (χ1) is 8.33. The van der Waals surface area contributed by atoms with Gasteiger partial charge in [0, 0.05) is 9.64 Å². The normalized spacial score (nSPS) is 11.3. The number of hydrogen-bond donors (Lipinski definition) is 1. The van der Waals surface area contributed by atoms with Crippen LogP contribution in [0.5, 0.6) is 5.75 Å². The number of carbonyl (C=O) groups excluding carboxylic acids is 1. The topological polar surface area (TPSA) is 52.3 Å². The molecule has 0 fully saturated rings. The zero-order chi connectivity index (χ0) is 13.8. The highest BCUT2D eigenvalue weighted by molar-refractivity contribution is 8.00. The number of nitrogens with two attached hydrogens (primary N) is 1. The Hall–Kier alpha value is -1.16. The number of thioether (sulfide) groups is 1. The molecule has 0 saturated heterocycles. The minimum atomic E-state index is -0.447. The molecule has 0 unspecified atom stereocenters. The first kappa shape index (κ1) is 14.9. The fourth-order valence-corrected chi connectivity index (χ4v) is 2.48. The average Bonchev–Trinajstić information content (AvgIpc) is 2.25. The predicted molar refractivity (Wildman–Crippen MR) is 76.4 cm³/mol. The zero-order valence-corrected chi connectivity index (χ0v) is 12.3. The Kier molecular flexibility index (Phi) is 5.08. The summed E-state index contributed by atoms with van der Waals surface area (Å²) in [6, 6.07) is 5.60. The molecule has 0 aliphatic rings. The fourth-order valence-electron chi connectivity index (χ4n) is 1.46. The standard InChI is InChI=1S/C14H21NO2S/c1-5-8-17-12-7-6-10(18-14(2,3)4)9-11(12)13(15)16/h6-7,9H,5,8H2,1-4H3,(H2,15,16). The smallest absolute Gasteiger partial charge is 0.252 e. The van der Waals surface area contributed by atoms with Gasteiger partial charge in [0.05, 0.1) is 12.2 Å². The van der Waals surface area contributed by atoms with Gasteiger partial charge in [-0.3, -0.25) is 4.79 Å². The van der Waals surface area contributed by atoms with Crippen molar-refractivity contribution < 1.29 is 9.53 Å². The van der Waals surface area contributed by atoms with Crippen LogP contribution < -0.4 is 10.5 Å². The minimum absolute atomic E-state index is 0.0979. The van der Waals surface area contributed by atoms with Crippen LogP contribution in [-0.2, 0) is 0 Å². The monoisotopic (exact) mass is 267 g/mol. The number of rotatable bonds is 5. The summed E-state index contributed by atoms with van der Waals surface area (Å²) in [5.74, 6) is 0.125. The van der Waals surface area contributed by atoms with Crippen molar-refractivity contribution in [1.82, 2.24) is 0 Å². The second-order valence-corrected chi connectivity index (χ2v) is 6.99. The summed E-state index contributed by atoms with van der Waals surface area (Å²) in [5.41, 5.74) is 5.85. The van der Waals surface area contributed by atoms with Crippen LogP contribution in [0.4, 0.5) is 0 Å². The van der Waals surface area contributed by atoms with Crippen LogP contribution >= 0.6 is 11.8 Å². The largest absolute Gasteiger partial charge is 0.493 e. The second kappa shape index (κ2) is 6.14. The van der Waals surface area contributed by atoms with E-state index in [4.69, 9.17) is 10.5 Å². The van der Waals surface area contributed by atoms with E-state index >= 15 is 0 Å². The van der Waals surface area contributed by atoms with Gasteiger partial charge in [0.2, 0.25) is 0 Å². The van der Waals surface area contributed by atoms with E-state index in [1.165, 1.54) is 0 Å². The lowest BCUT2D eigenvalue weighted by Gasteiger charge is -2.18. The van der Waals surface area contributed by atoms with Gasteiger partial charge < -0.3 is 10.5 Å². The van der Waals surface area contributed by atoms with Gasteiger partial charge in [-0.25, -0.2) is 0 Å². The van der Waals surface area contributed by atoms with Crippen molar-refractivity contribution in [2.75, 3.05) is 6.61 Å². The lowest BCUT2D eigenvalue weighted by Crippen LogP contribution is -2.14. The quantitative estimate of drug-likeness (QED) is 0.831. The van der Waals surface area contributed by atoms with Gasteiger partial charge >= 0.3 is 0 Å². The Morgan fingerprint density at radius 2 is 2.06 bits per heavy atom. The Bertz CT molecular complexity index is 424. The van der Waals surface area contributed by atoms with Crippen molar-refractivity contribution in [2.45, 2.75) is 43.8 Å². The molecule has 3 nitrogen and oxygen atoms in total. The molecule has 0 atom stereocenters. The van der Waals surface area contributed by atoms with Gasteiger partial charge in [-0.1, -0.05) is 27.7 Å².